The lowest BCUT2D eigenvalue weighted by molar-refractivity contribution is -0.122. The smallest absolute Gasteiger partial charge is 0.342 e. The minimum absolute atomic E-state index is 0.0787. The number of benzene rings is 1. The van der Waals surface area contributed by atoms with E-state index in [2.05, 4.69) is 25.5 Å². The van der Waals surface area contributed by atoms with Crippen LogP contribution in [-0.2, 0) is 18.3 Å². The number of fused-ring (bicyclic) bond motifs is 1. The van der Waals surface area contributed by atoms with Crippen LogP contribution in [0.15, 0.2) is 33.9 Å². The molecule has 142 valence electrons. The Kier molecular flexibility index (Phi) is 5.20. The number of rotatable bonds is 6. The van der Waals surface area contributed by atoms with Crippen molar-refractivity contribution in [3.05, 3.63) is 56.6 Å². The van der Waals surface area contributed by atoms with Crippen LogP contribution in [0.2, 0.25) is 0 Å². The quantitative estimate of drug-likeness (QED) is 0.591. The molecule has 1 atom stereocenters. The second kappa shape index (κ2) is 7.56. The summed E-state index contributed by atoms with van der Waals surface area (Å²) in [6, 6.07) is 7.53. The van der Waals surface area contributed by atoms with Gasteiger partial charge in [-0.3, -0.25) is 14.6 Å². The second-order valence-corrected chi connectivity index (χ2v) is 6.76. The normalized spacial score (nSPS) is 12.4. The first kappa shape index (κ1) is 18.6. The Bertz CT molecular complexity index is 1080. The van der Waals surface area contributed by atoms with Gasteiger partial charge in [0, 0.05) is 19.9 Å². The second-order valence-electron chi connectivity index (χ2n) is 6.76. The minimum Gasteiger partial charge on any atom is -0.346 e. The van der Waals surface area contributed by atoms with E-state index in [9.17, 15) is 14.4 Å². The van der Waals surface area contributed by atoms with Crippen molar-refractivity contribution >= 4 is 16.9 Å². The number of hydrogen-bond donors (Lipinski definition) is 3. The molecule has 9 heteroatoms. The number of aromatic nitrogens is 5. The molecule has 0 aliphatic carbocycles. The average molecular weight is 370 g/mol. The summed E-state index contributed by atoms with van der Waals surface area (Å²) in [5.74, 6) is 0.687. The Morgan fingerprint density at radius 1 is 1.26 bits per heavy atom. The van der Waals surface area contributed by atoms with Crippen LogP contribution in [0.1, 0.15) is 37.8 Å². The van der Waals surface area contributed by atoms with Crippen LogP contribution in [0.3, 0.4) is 0 Å². The third-order valence-electron chi connectivity index (χ3n) is 4.45. The molecule has 2 heterocycles. The van der Waals surface area contributed by atoms with Gasteiger partial charge in [-0.15, -0.1) is 0 Å². The van der Waals surface area contributed by atoms with Crippen LogP contribution in [0.4, 0.5) is 0 Å². The number of para-hydroxylation sites is 2. The summed E-state index contributed by atoms with van der Waals surface area (Å²) < 4.78 is 1.98. The number of aromatic amines is 2. The molecule has 0 saturated heterocycles. The first-order valence-electron chi connectivity index (χ1n) is 8.75. The highest BCUT2D eigenvalue weighted by Gasteiger charge is 2.24. The van der Waals surface area contributed by atoms with Gasteiger partial charge in [-0.05, 0) is 18.1 Å². The molecule has 0 bridgehead atoms. The van der Waals surface area contributed by atoms with E-state index < -0.39 is 11.2 Å². The van der Waals surface area contributed by atoms with E-state index in [0.717, 1.165) is 16.9 Å². The zero-order valence-electron chi connectivity index (χ0n) is 15.4. The lowest BCUT2D eigenvalue weighted by atomic mass is 10.0. The minimum atomic E-state index is -0.671. The summed E-state index contributed by atoms with van der Waals surface area (Å²) >= 11 is 0. The highest BCUT2D eigenvalue weighted by molar-refractivity contribution is 5.78. The van der Waals surface area contributed by atoms with Crippen molar-refractivity contribution in [3.8, 4) is 0 Å². The highest BCUT2D eigenvalue weighted by Crippen LogP contribution is 2.24. The summed E-state index contributed by atoms with van der Waals surface area (Å²) in [5.41, 5.74) is 0.737. The highest BCUT2D eigenvalue weighted by atomic mass is 16.2. The topological polar surface area (TPSA) is 126 Å². The van der Waals surface area contributed by atoms with Crippen LogP contribution >= 0.6 is 0 Å². The Morgan fingerprint density at radius 3 is 2.67 bits per heavy atom. The fourth-order valence-electron chi connectivity index (χ4n) is 2.99. The first-order valence-corrected chi connectivity index (χ1v) is 8.75. The van der Waals surface area contributed by atoms with E-state index in [0.29, 0.717) is 0 Å². The van der Waals surface area contributed by atoms with Crippen molar-refractivity contribution in [1.29, 1.82) is 0 Å². The molecule has 9 nitrogen and oxygen atoms in total. The number of imidazole rings is 1. The molecule has 0 unspecified atom stereocenters. The number of amides is 1. The van der Waals surface area contributed by atoms with Gasteiger partial charge in [0.25, 0.3) is 5.56 Å². The molecular formula is C18H22N6O3. The first-order chi connectivity index (χ1) is 12.9. The Hall–Kier alpha value is -3.23. The van der Waals surface area contributed by atoms with E-state index in [4.69, 9.17) is 0 Å². The summed E-state index contributed by atoms with van der Waals surface area (Å²) in [6.07, 6.45) is 0.209. The third kappa shape index (κ3) is 3.97. The van der Waals surface area contributed by atoms with Crippen LogP contribution < -0.4 is 16.6 Å². The molecule has 2 aromatic heterocycles. The molecule has 3 rings (SSSR count). The van der Waals surface area contributed by atoms with Gasteiger partial charge in [-0.2, -0.15) is 5.10 Å². The summed E-state index contributed by atoms with van der Waals surface area (Å²) in [5, 5.41) is 8.85. The lowest BCUT2D eigenvalue weighted by Gasteiger charge is -2.22. The fraction of sp³-hybridized carbons (Fsp3) is 0.389. The monoisotopic (exact) mass is 370 g/mol. The van der Waals surface area contributed by atoms with Crippen LogP contribution in [0, 0.1) is 5.92 Å². The Morgan fingerprint density at radius 2 is 2.00 bits per heavy atom. The molecule has 0 saturated carbocycles. The van der Waals surface area contributed by atoms with Crippen molar-refractivity contribution < 1.29 is 4.79 Å². The standard InChI is InChI=1S/C18H22N6O3/c1-10(2)15(16-19-11-6-4-5-7-13(11)24(16)3)20-14(25)9-8-12-17(26)21-18(27)23-22-12/h4-7,10,15H,8-9H2,1-3H3,(H,20,25)(H2,21,23,26,27)/t15-/m1/s1. The zero-order valence-corrected chi connectivity index (χ0v) is 15.4. The van der Waals surface area contributed by atoms with Gasteiger partial charge in [0.15, 0.2) is 0 Å². The Balaban J connectivity index is 1.75. The average Bonchev–Trinajstić information content (AvgIpc) is 2.95. The molecule has 1 amide bonds. The largest absolute Gasteiger partial charge is 0.346 e. The zero-order chi connectivity index (χ0) is 19.6. The van der Waals surface area contributed by atoms with Crippen molar-refractivity contribution in [2.45, 2.75) is 32.7 Å². The van der Waals surface area contributed by atoms with Crippen molar-refractivity contribution in [3.63, 3.8) is 0 Å². The van der Waals surface area contributed by atoms with E-state index in [1.807, 2.05) is 49.7 Å². The molecule has 0 aliphatic heterocycles. The predicted molar refractivity (Wildman–Crippen MR) is 100 cm³/mol. The number of aryl methyl sites for hydroxylation is 2. The molecule has 3 N–H and O–H groups in total. The van der Waals surface area contributed by atoms with Crippen molar-refractivity contribution in [1.82, 2.24) is 30.0 Å². The number of nitrogens with zero attached hydrogens (tertiary/aromatic N) is 3. The molecule has 0 radical (unpaired) electrons. The maximum atomic E-state index is 12.4. The van der Waals surface area contributed by atoms with E-state index in [1.54, 1.807) is 0 Å². The summed E-state index contributed by atoms with van der Waals surface area (Å²) in [4.78, 5) is 41.9. The van der Waals surface area contributed by atoms with Gasteiger partial charge in [0.1, 0.15) is 11.5 Å². The van der Waals surface area contributed by atoms with Crippen molar-refractivity contribution in [2.75, 3.05) is 0 Å². The summed E-state index contributed by atoms with van der Waals surface area (Å²) in [7, 11) is 1.93. The van der Waals surface area contributed by atoms with Crippen LogP contribution in [-0.4, -0.2) is 30.6 Å². The van der Waals surface area contributed by atoms with Crippen LogP contribution in [0.25, 0.3) is 11.0 Å². The van der Waals surface area contributed by atoms with Gasteiger partial charge < -0.3 is 9.88 Å². The van der Waals surface area contributed by atoms with Gasteiger partial charge in [0.2, 0.25) is 5.91 Å². The molecule has 3 aromatic rings. The number of nitrogens with one attached hydrogen (secondary N) is 3. The van der Waals surface area contributed by atoms with Crippen molar-refractivity contribution in [2.24, 2.45) is 13.0 Å². The van der Waals surface area contributed by atoms with Gasteiger partial charge in [-0.25, -0.2) is 14.9 Å². The third-order valence-corrected chi connectivity index (χ3v) is 4.45. The molecule has 0 spiro atoms. The summed E-state index contributed by atoms with van der Waals surface area (Å²) in [6.45, 7) is 4.02. The number of hydrogen-bond acceptors (Lipinski definition) is 5. The van der Waals surface area contributed by atoms with Gasteiger partial charge in [-0.1, -0.05) is 26.0 Å². The molecular weight excluding hydrogens is 348 g/mol. The molecule has 1 aromatic carbocycles. The SMILES string of the molecule is CC(C)[C@@H](NC(=O)CCc1n[nH]c(=O)[nH]c1=O)c1nc2ccccc2n1C. The molecule has 0 fully saturated rings. The van der Waals surface area contributed by atoms with Crippen LogP contribution in [0.5, 0.6) is 0 Å². The van der Waals surface area contributed by atoms with E-state index in [1.165, 1.54) is 0 Å². The van der Waals surface area contributed by atoms with E-state index in [-0.39, 0.29) is 36.4 Å². The Labute approximate surface area is 154 Å². The van der Waals surface area contributed by atoms with Gasteiger partial charge in [0.05, 0.1) is 17.1 Å². The maximum Gasteiger partial charge on any atom is 0.342 e. The lowest BCUT2D eigenvalue weighted by Crippen LogP contribution is -2.34. The van der Waals surface area contributed by atoms with E-state index >= 15 is 0 Å². The molecule has 27 heavy (non-hydrogen) atoms. The number of H-pyrrole nitrogens is 2. The number of carbonyl (C=O) groups excluding carboxylic acids is 1. The predicted octanol–water partition coefficient (Wildman–Crippen LogP) is 0.791. The maximum absolute atomic E-state index is 12.4. The van der Waals surface area contributed by atoms with Gasteiger partial charge >= 0.3 is 5.69 Å². The number of carbonyl (C=O) groups is 1. The molecule has 0 aliphatic rings. The fourth-order valence-corrected chi connectivity index (χ4v) is 2.99.